The van der Waals surface area contributed by atoms with Crippen LogP contribution in [0.2, 0.25) is 5.02 Å². The molecule has 0 atom stereocenters. The first kappa shape index (κ1) is 21.6. The Kier molecular flexibility index (Phi) is 5.83. The van der Waals surface area contributed by atoms with E-state index in [4.69, 9.17) is 16.3 Å². The zero-order valence-corrected chi connectivity index (χ0v) is 19.5. The molecule has 0 saturated carbocycles. The zero-order valence-electron chi connectivity index (χ0n) is 18.7. The highest BCUT2D eigenvalue weighted by Crippen LogP contribution is 2.34. The zero-order chi connectivity index (χ0) is 22.9. The molecule has 5 rings (SSSR count). The van der Waals surface area contributed by atoms with Crippen molar-refractivity contribution < 1.29 is 9.53 Å². The Morgan fingerprint density at radius 2 is 1.79 bits per heavy atom. The maximum absolute atomic E-state index is 13.1. The van der Waals surface area contributed by atoms with Crippen molar-refractivity contribution in [1.82, 2.24) is 9.88 Å². The summed E-state index contributed by atoms with van der Waals surface area (Å²) >= 11 is 6.32. The smallest absolute Gasteiger partial charge is 0.266 e. The van der Waals surface area contributed by atoms with E-state index in [0.29, 0.717) is 27.8 Å². The minimum absolute atomic E-state index is 0.0954. The topological polar surface area (TPSA) is 60.9 Å². The summed E-state index contributed by atoms with van der Waals surface area (Å²) in [4.78, 5) is 23.8. The van der Waals surface area contributed by atoms with E-state index in [2.05, 4.69) is 39.3 Å². The number of amides is 1. The average Bonchev–Trinajstić information content (AvgIpc) is 2.82. The molecule has 2 aliphatic heterocycles. The predicted molar refractivity (Wildman–Crippen MR) is 132 cm³/mol. The first-order valence-electron chi connectivity index (χ1n) is 11.0. The van der Waals surface area contributed by atoms with E-state index in [9.17, 15) is 4.79 Å². The van der Waals surface area contributed by atoms with Crippen molar-refractivity contribution in [2.45, 2.75) is 6.92 Å². The van der Waals surface area contributed by atoms with Crippen LogP contribution in [0.3, 0.4) is 0 Å². The fraction of sp³-hybridized carbons (Fsp3) is 0.280. The second kappa shape index (κ2) is 8.92. The summed E-state index contributed by atoms with van der Waals surface area (Å²) in [5.41, 5.74) is 4.21. The number of carbonyl (C=O) groups excluding carboxylic acids is 1. The molecule has 0 aliphatic carbocycles. The lowest BCUT2D eigenvalue weighted by molar-refractivity contribution is 0.0936. The van der Waals surface area contributed by atoms with Crippen LogP contribution < -0.4 is 19.9 Å². The molecule has 2 aliphatic rings. The summed E-state index contributed by atoms with van der Waals surface area (Å²) in [5, 5.41) is 3.81. The molecule has 0 unspecified atom stereocenters. The highest BCUT2D eigenvalue weighted by Gasteiger charge is 2.29. The van der Waals surface area contributed by atoms with Gasteiger partial charge in [-0.1, -0.05) is 17.7 Å². The van der Waals surface area contributed by atoms with E-state index in [0.717, 1.165) is 37.4 Å². The van der Waals surface area contributed by atoms with Gasteiger partial charge in [0, 0.05) is 49.8 Å². The lowest BCUT2D eigenvalue weighted by atomic mass is 10.1. The Balaban J connectivity index is 1.30. The van der Waals surface area contributed by atoms with E-state index in [1.165, 1.54) is 10.6 Å². The molecule has 33 heavy (non-hydrogen) atoms. The summed E-state index contributed by atoms with van der Waals surface area (Å²) in [6.45, 7) is 6.27. The van der Waals surface area contributed by atoms with E-state index in [1.54, 1.807) is 18.3 Å². The number of pyridine rings is 1. The van der Waals surface area contributed by atoms with Gasteiger partial charge < -0.3 is 19.9 Å². The lowest BCUT2D eigenvalue weighted by Gasteiger charge is -2.34. The first-order chi connectivity index (χ1) is 16.0. The molecule has 1 N–H and O–H groups in total. The fourth-order valence-electron chi connectivity index (χ4n) is 4.10. The summed E-state index contributed by atoms with van der Waals surface area (Å²) in [6, 6.07) is 15.7. The molecule has 0 spiro atoms. The molecule has 3 aromatic rings. The van der Waals surface area contributed by atoms with Gasteiger partial charge in [0.15, 0.2) is 6.73 Å². The number of hydrogen-bond acceptors (Lipinski definition) is 6. The van der Waals surface area contributed by atoms with Crippen LogP contribution in [-0.4, -0.2) is 55.7 Å². The van der Waals surface area contributed by atoms with E-state index >= 15 is 0 Å². The number of hydrogen-bond donors (Lipinski definition) is 1. The van der Waals surface area contributed by atoms with Crippen molar-refractivity contribution in [1.29, 1.82) is 0 Å². The van der Waals surface area contributed by atoms with Gasteiger partial charge in [0.1, 0.15) is 17.1 Å². The van der Waals surface area contributed by atoms with Crippen LogP contribution in [-0.2, 0) is 0 Å². The number of ether oxygens (including phenoxy) is 1. The Morgan fingerprint density at radius 1 is 1.03 bits per heavy atom. The number of benzene rings is 2. The number of rotatable bonds is 4. The molecule has 0 radical (unpaired) electrons. The molecule has 1 aromatic heterocycles. The van der Waals surface area contributed by atoms with Gasteiger partial charge in [-0.25, -0.2) is 4.98 Å². The maximum atomic E-state index is 13.1. The molecular weight excluding hydrogens is 438 g/mol. The van der Waals surface area contributed by atoms with E-state index in [1.807, 2.05) is 31.2 Å². The molecule has 8 heteroatoms. The largest absolute Gasteiger partial charge is 0.472 e. The number of halogens is 1. The molecule has 7 nitrogen and oxygen atoms in total. The number of nitrogens with one attached hydrogen (secondary N) is 1. The second-order valence-electron chi connectivity index (χ2n) is 8.49. The fourth-order valence-corrected chi connectivity index (χ4v) is 4.32. The summed E-state index contributed by atoms with van der Waals surface area (Å²) in [7, 11) is 2.16. The third kappa shape index (κ3) is 4.47. The van der Waals surface area contributed by atoms with Gasteiger partial charge >= 0.3 is 0 Å². The predicted octanol–water partition coefficient (Wildman–Crippen LogP) is 4.54. The third-order valence-corrected chi connectivity index (χ3v) is 6.41. The number of aryl methyl sites for hydroxylation is 1. The number of nitrogens with zero attached hydrogens (tertiary/aromatic N) is 4. The SMILES string of the molecule is Cc1ccc(Cl)c(N2COc3cc(Nc4ccc(N5CCN(C)CC5)cc4)ncc3C2=O)c1. The van der Waals surface area contributed by atoms with Gasteiger partial charge in [-0.2, -0.15) is 0 Å². The number of fused-ring (bicyclic) bond motifs is 1. The van der Waals surface area contributed by atoms with E-state index < -0.39 is 0 Å². The molecule has 1 saturated heterocycles. The highest BCUT2D eigenvalue weighted by atomic mass is 35.5. The molecule has 1 fully saturated rings. The first-order valence-corrected chi connectivity index (χ1v) is 11.4. The number of carbonyl (C=O) groups is 1. The quantitative estimate of drug-likeness (QED) is 0.613. The molecule has 3 heterocycles. The van der Waals surface area contributed by atoms with Crippen LogP contribution in [0.4, 0.5) is 22.9 Å². The van der Waals surface area contributed by atoms with Crippen LogP contribution in [0.15, 0.2) is 54.7 Å². The molecule has 0 bridgehead atoms. The van der Waals surface area contributed by atoms with Gasteiger partial charge in [0.25, 0.3) is 5.91 Å². The van der Waals surface area contributed by atoms with Crippen molar-refractivity contribution in [3.63, 3.8) is 0 Å². The van der Waals surface area contributed by atoms with Gasteiger partial charge in [-0.15, -0.1) is 0 Å². The van der Waals surface area contributed by atoms with Crippen molar-refractivity contribution >= 4 is 40.4 Å². The standard InChI is InChI=1S/C25H26ClN5O2/c1-17-3-8-21(26)22(13-17)31-16-33-23-14-24(27-15-20(23)25(31)32)28-18-4-6-19(7-5-18)30-11-9-29(2)10-12-30/h3-8,13-15H,9-12,16H2,1-2H3,(H,27,28). The molecule has 170 valence electrons. The number of aromatic nitrogens is 1. The Labute approximate surface area is 198 Å². The van der Waals surface area contributed by atoms with Gasteiger partial charge in [0.05, 0.1) is 10.7 Å². The van der Waals surface area contributed by atoms with E-state index in [-0.39, 0.29) is 12.6 Å². The number of piperazine rings is 1. The Hall–Kier alpha value is -3.29. The van der Waals surface area contributed by atoms with Crippen LogP contribution in [0, 0.1) is 6.92 Å². The Morgan fingerprint density at radius 3 is 2.55 bits per heavy atom. The number of likely N-dealkylation sites (N-methyl/N-ethyl adjacent to an activating group) is 1. The maximum Gasteiger partial charge on any atom is 0.266 e. The molecule has 2 aromatic carbocycles. The average molecular weight is 464 g/mol. The van der Waals surface area contributed by atoms with Gasteiger partial charge in [-0.3, -0.25) is 9.69 Å². The van der Waals surface area contributed by atoms with Crippen LogP contribution in [0.25, 0.3) is 0 Å². The minimum atomic E-state index is -0.181. The molecular formula is C25H26ClN5O2. The third-order valence-electron chi connectivity index (χ3n) is 6.09. The Bertz CT molecular complexity index is 1180. The van der Waals surface area contributed by atoms with Crippen molar-refractivity contribution in [3.8, 4) is 5.75 Å². The van der Waals surface area contributed by atoms with Gasteiger partial charge in [0.2, 0.25) is 0 Å². The summed E-state index contributed by atoms with van der Waals surface area (Å²) < 4.78 is 5.90. The second-order valence-corrected chi connectivity index (χ2v) is 8.90. The minimum Gasteiger partial charge on any atom is -0.472 e. The van der Waals surface area contributed by atoms with Crippen LogP contribution in [0.5, 0.6) is 5.75 Å². The monoisotopic (exact) mass is 463 g/mol. The number of anilines is 4. The lowest BCUT2D eigenvalue weighted by Crippen LogP contribution is -2.44. The van der Waals surface area contributed by atoms with Gasteiger partial charge in [-0.05, 0) is 55.9 Å². The van der Waals surface area contributed by atoms with Crippen LogP contribution in [0.1, 0.15) is 15.9 Å². The molecule has 1 amide bonds. The summed E-state index contributed by atoms with van der Waals surface area (Å²) in [6.07, 6.45) is 1.55. The van der Waals surface area contributed by atoms with Crippen molar-refractivity contribution in [3.05, 3.63) is 70.9 Å². The van der Waals surface area contributed by atoms with Crippen LogP contribution >= 0.6 is 11.6 Å². The normalized spacial score (nSPS) is 16.4. The highest BCUT2D eigenvalue weighted by molar-refractivity contribution is 6.34. The summed E-state index contributed by atoms with van der Waals surface area (Å²) in [5.74, 6) is 0.946. The van der Waals surface area contributed by atoms with Crippen molar-refractivity contribution in [2.24, 2.45) is 0 Å². The van der Waals surface area contributed by atoms with Crippen molar-refractivity contribution in [2.75, 3.05) is 55.1 Å².